The Morgan fingerprint density at radius 3 is 2.07 bits per heavy atom. The van der Waals surface area contributed by atoms with E-state index in [2.05, 4.69) is 5.32 Å². The molecule has 0 saturated heterocycles. The van der Waals surface area contributed by atoms with Gasteiger partial charge in [0.05, 0.1) is 22.8 Å². The number of hydrogen-bond donors (Lipinski definition) is 1. The first-order valence-electron chi connectivity index (χ1n) is 13.6. The first kappa shape index (κ1) is 34.8. The van der Waals surface area contributed by atoms with E-state index >= 15 is 0 Å². The van der Waals surface area contributed by atoms with Crippen molar-refractivity contribution < 1.29 is 35.9 Å². The molecule has 1 saturated carbocycles. The average Bonchev–Trinajstić information content (AvgIpc) is 2.91. The number of Topliss-reactive ketones (excluding diaryl/α,β-unsaturated/α-hetero) is 1. The van der Waals surface area contributed by atoms with Gasteiger partial charge in [0.2, 0.25) is 0 Å². The fourth-order valence-corrected chi connectivity index (χ4v) is 7.01. The van der Waals surface area contributed by atoms with Crippen LogP contribution in [0.4, 0.5) is 13.2 Å². The highest BCUT2D eigenvalue weighted by molar-refractivity contribution is 7.91. The van der Waals surface area contributed by atoms with Crippen molar-refractivity contribution in [3.8, 4) is 0 Å². The van der Waals surface area contributed by atoms with Crippen LogP contribution in [0.2, 0.25) is 0 Å². The van der Waals surface area contributed by atoms with Crippen LogP contribution < -0.4 is 5.32 Å². The third-order valence-electron chi connectivity index (χ3n) is 7.67. The van der Waals surface area contributed by atoms with Gasteiger partial charge < -0.3 is 10.1 Å². The molecule has 228 valence electrons. The highest BCUT2D eigenvalue weighted by atomic mass is 35.5. The Balaban J connectivity index is 0.00000588. The van der Waals surface area contributed by atoms with Crippen LogP contribution in [0.3, 0.4) is 0 Å². The number of ketones is 1. The van der Waals surface area contributed by atoms with Crippen molar-refractivity contribution in [2.75, 3.05) is 19.4 Å². The third kappa shape index (κ3) is 9.82. The zero-order valence-electron chi connectivity index (χ0n) is 23.5. The van der Waals surface area contributed by atoms with E-state index in [1.165, 1.54) is 0 Å². The van der Waals surface area contributed by atoms with E-state index in [1.54, 1.807) is 7.05 Å². The SMILES string of the molecule is CN[C@H](C(=O)OC[C@@H](CC(=O)C1CCC(CS(=O)(=O)c2ccc(C(F)(F)F)cc2)CC1)c1ccccc1)C(C)C.Cl. The first-order chi connectivity index (χ1) is 18.8. The van der Waals surface area contributed by atoms with Gasteiger partial charge in [0.25, 0.3) is 0 Å². The Labute approximate surface area is 246 Å². The molecule has 0 aliphatic heterocycles. The van der Waals surface area contributed by atoms with Gasteiger partial charge >= 0.3 is 12.1 Å². The molecule has 11 heteroatoms. The molecule has 0 unspecified atom stereocenters. The van der Waals surface area contributed by atoms with Gasteiger partial charge in [0.1, 0.15) is 11.8 Å². The number of benzene rings is 2. The fourth-order valence-electron chi connectivity index (χ4n) is 5.31. The van der Waals surface area contributed by atoms with Gasteiger partial charge in [-0.05, 0) is 74.4 Å². The minimum absolute atomic E-state index is 0. The number of ether oxygens (including phenoxy) is 1. The standard InChI is InChI=1S/C30H38F3NO5S.ClH/c1-20(2)28(34-3)29(36)39-18-24(22-7-5-4-6-8-22)17-27(35)23-11-9-21(10-12-23)19-40(37,38)26-15-13-25(14-16-26)30(31,32)33;/h4-8,13-16,20-21,23-24,28,34H,9-12,17-19H2,1-3H3;1H/t21?,23?,24-,28+;/m1./s1. The van der Waals surface area contributed by atoms with Gasteiger partial charge in [0, 0.05) is 18.3 Å². The molecule has 2 aromatic rings. The Kier molecular flexibility index (Phi) is 12.9. The van der Waals surface area contributed by atoms with E-state index in [-0.39, 0.29) is 71.5 Å². The van der Waals surface area contributed by atoms with E-state index < -0.39 is 27.6 Å². The largest absolute Gasteiger partial charge is 0.464 e. The second-order valence-corrected chi connectivity index (χ2v) is 13.0. The van der Waals surface area contributed by atoms with Crippen LogP contribution in [0, 0.1) is 17.8 Å². The number of hydrogen-bond acceptors (Lipinski definition) is 6. The Morgan fingerprint density at radius 2 is 1.56 bits per heavy atom. The van der Waals surface area contributed by atoms with Crippen molar-refractivity contribution >= 4 is 34.0 Å². The number of carbonyl (C=O) groups excluding carboxylic acids is 2. The van der Waals surface area contributed by atoms with Crippen LogP contribution in [0.5, 0.6) is 0 Å². The van der Waals surface area contributed by atoms with Crippen LogP contribution in [-0.4, -0.2) is 45.6 Å². The van der Waals surface area contributed by atoms with Crippen molar-refractivity contribution in [3.63, 3.8) is 0 Å². The van der Waals surface area contributed by atoms with Gasteiger partial charge in [-0.1, -0.05) is 44.2 Å². The lowest BCUT2D eigenvalue weighted by molar-refractivity contribution is -0.148. The van der Waals surface area contributed by atoms with E-state index in [9.17, 15) is 31.2 Å². The number of halogens is 4. The lowest BCUT2D eigenvalue weighted by Crippen LogP contribution is -2.40. The minimum Gasteiger partial charge on any atom is -0.464 e. The number of sulfone groups is 1. The average molecular weight is 618 g/mol. The quantitative estimate of drug-likeness (QED) is 0.284. The van der Waals surface area contributed by atoms with Gasteiger partial charge in [-0.15, -0.1) is 12.4 Å². The van der Waals surface area contributed by atoms with Gasteiger partial charge in [-0.2, -0.15) is 13.2 Å². The fraction of sp³-hybridized carbons (Fsp3) is 0.533. The summed E-state index contributed by atoms with van der Waals surface area (Å²) in [4.78, 5) is 25.7. The van der Waals surface area contributed by atoms with E-state index in [1.807, 2.05) is 44.2 Å². The molecular formula is C30H39ClF3NO5S. The van der Waals surface area contributed by atoms with E-state index in [4.69, 9.17) is 4.74 Å². The Morgan fingerprint density at radius 1 is 0.976 bits per heavy atom. The summed E-state index contributed by atoms with van der Waals surface area (Å²) in [5.41, 5.74) is 0.0151. The maximum absolute atomic E-state index is 13.3. The van der Waals surface area contributed by atoms with Crippen LogP contribution in [0.25, 0.3) is 0 Å². The number of likely N-dealkylation sites (N-methyl/N-ethyl adjacent to an activating group) is 1. The molecular weight excluding hydrogens is 579 g/mol. The van der Waals surface area contributed by atoms with Crippen molar-refractivity contribution in [3.05, 3.63) is 65.7 Å². The lowest BCUT2D eigenvalue weighted by atomic mass is 9.78. The molecule has 6 nitrogen and oxygen atoms in total. The molecule has 0 spiro atoms. The molecule has 2 aromatic carbocycles. The van der Waals surface area contributed by atoms with Gasteiger partial charge in [-0.3, -0.25) is 9.59 Å². The smallest absolute Gasteiger partial charge is 0.416 e. The summed E-state index contributed by atoms with van der Waals surface area (Å²) < 4.78 is 69.7. The molecule has 0 amide bonds. The lowest BCUT2D eigenvalue weighted by Gasteiger charge is -2.29. The maximum atomic E-state index is 13.3. The summed E-state index contributed by atoms with van der Waals surface area (Å²) in [7, 11) is -2.05. The number of carbonyl (C=O) groups is 2. The second kappa shape index (κ2) is 15.2. The van der Waals surface area contributed by atoms with E-state index in [0.29, 0.717) is 25.7 Å². The third-order valence-corrected chi connectivity index (χ3v) is 9.58. The van der Waals surface area contributed by atoms with Crippen LogP contribution in [-0.2, 0) is 30.3 Å². The maximum Gasteiger partial charge on any atom is 0.416 e. The molecule has 1 fully saturated rings. The molecule has 0 aromatic heterocycles. The Hall–Kier alpha value is -2.43. The summed E-state index contributed by atoms with van der Waals surface area (Å²) in [5, 5.41) is 2.97. The van der Waals surface area contributed by atoms with Gasteiger partial charge in [-0.25, -0.2) is 8.42 Å². The normalized spacial score (nSPS) is 19.2. The molecule has 1 aliphatic carbocycles. The predicted octanol–water partition coefficient (Wildman–Crippen LogP) is 6.24. The van der Waals surface area contributed by atoms with Crippen molar-refractivity contribution in [2.24, 2.45) is 17.8 Å². The molecule has 3 rings (SSSR count). The van der Waals surface area contributed by atoms with Crippen LogP contribution in [0.1, 0.15) is 63.0 Å². The van der Waals surface area contributed by atoms with E-state index in [0.717, 1.165) is 29.8 Å². The summed E-state index contributed by atoms with van der Waals surface area (Å²) in [6.07, 6.45) is -2.15. The number of alkyl halides is 3. The molecule has 1 N–H and O–H groups in total. The monoisotopic (exact) mass is 617 g/mol. The molecule has 0 bridgehead atoms. The molecule has 2 atom stereocenters. The van der Waals surface area contributed by atoms with Crippen molar-refractivity contribution in [1.29, 1.82) is 0 Å². The highest BCUT2D eigenvalue weighted by Gasteiger charge is 2.33. The minimum atomic E-state index is -4.53. The summed E-state index contributed by atoms with van der Waals surface area (Å²) in [5.74, 6) is -1.09. The summed E-state index contributed by atoms with van der Waals surface area (Å²) in [6, 6.07) is 12.6. The number of rotatable bonds is 12. The highest BCUT2D eigenvalue weighted by Crippen LogP contribution is 2.35. The molecule has 1 aliphatic rings. The zero-order valence-corrected chi connectivity index (χ0v) is 25.2. The van der Waals surface area contributed by atoms with Crippen molar-refractivity contribution in [2.45, 2.75) is 69.0 Å². The summed E-state index contributed by atoms with van der Waals surface area (Å²) in [6.45, 7) is 3.93. The predicted molar refractivity (Wildman–Crippen MR) is 154 cm³/mol. The molecule has 0 heterocycles. The second-order valence-electron chi connectivity index (χ2n) is 10.9. The van der Waals surface area contributed by atoms with Crippen LogP contribution >= 0.6 is 12.4 Å². The molecule has 41 heavy (non-hydrogen) atoms. The number of esters is 1. The van der Waals surface area contributed by atoms with Gasteiger partial charge in [0.15, 0.2) is 9.84 Å². The van der Waals surface area contributed by atoms with Crippen molar-refractivity contribution in [1.82, 2.24) is 5.32 Å². The zero-order chi connectivity index (χ0) is 29.5. The molecule has 0 radical (unpaired) electrons. The number of nitrogens with one attached hydrogen (secondary N) is 1. The Bertz CT molecular complexity index is 1230. The topological polar surface area (TPSA) is 89.5 Å². The first-order valence-corrected chi connectivity index (χ1v) is 15.3. The summed E-state index contributed by atoms with van der Waals surface area (Å²) >= 11 is 0. The van der Waals surface area contributed by atoms with Crippen LogP contribution in [0.15, 0.2) is 59.5 Å².